The quantitative estimate of drug-likeness (QED) is 0.905. The molecule has 0 amide bonds. The van der Waals surface area contributed by atoms with E-state index in [0.717, 1.165) is 17.8 Å². The fourth-order valence-electron chi connectivity index (χ4n) is 2.04. The van der Waals surface area contributed by atoms with Crippen LogP contribution in [0.5, 0.6) is 0 Å². The Kier molecular flexibility index (Phi) is 3.56. The van der Waals surface area contributed by atoms with Crippen LogP contribution < -0.4 is 4.90 Å². The van der Waals surface area contributed by atoms with Gasteiger partial charge in [-0.05, 0) is 13.3 Å². The summed E-state index contributed by atoms with van der Waals surface area (Å²) in [6.07, 6.45) is 3.83. The van der Waals surface area contributed by atoms with E-state index in [1.54, 1.807) is 10.6 Å². The fraction of sp³-hybridized carbons (Fsp3) is 0.500. The minimum Gasteiger partial charge on any atom is -0.476 e. The van der Waals surface area contributed by atoms with E-state index >= 15 is 0 Å². The maximum absolute atomic E-state index is 11.4. The SMILES string of the molecule is CCCC(C)N(C)c1nc2sccn2c1C(=O)O. The third kappa shape index (κ3) is 2.08. The molecule has 0 saturated heterocycles. The number of imidazole rings is 1. The van der Waals surface area contributed by atoms with Gasteiger partial charge in [0, 0.05) is 24.7 Å². The maximum Gasteiger partial charge on any atom is 0.356 e. The lowest BCUT2D eigenvalue weighted by atomic mass is 10.1. The van der Waals surface area contributed by atoms with Gasteiger partial charge in [-0.2, -0.15) is 0 Å². The van der Waals surface area contributed by atoms with Crippen LogP contribution in [0, 0.1) is 0 Å². The summed E-state index contributed by atoms with van der Waals surface area (Å²) in [6.45, 7) is 4.21. The first-order valence-electron chi connectivity index (χ1n) is 5.98. The van der Waals surface area contributed by atoms with Gasteiger partial charge in [-0.3, -0.25) is 4.40 Å². The molecule has 2 aromatic rings. The average molecular weight is 267 g/mol. The van der Waals surface area contributed by atoms with Crippen LogP contribution >= 0.6 is 11.3 Å². The number of carboxylic acid groups (broad SMARTS) is 1. The largest absolute Gasteiger partial charge is 0.476 e. The first kappa shape index (κ1) is 12.9. The van der Waals surface area contributed by atoms with Crippen molar-refractivity contribution in [2.75, 3.05) is 11.9 Å². The highest BCUT2D eigenvalue weighted by atomic mass is 32.1. The average Bonchev–Trinajstić information content (AvgIpc) is 2.86. The van der Waals surface area contributed by atoms with Crippen molar-refractivity contribution in [3.63, 3.8) is 0 Å². The molecule has 98 valence electrons. The van der Waals surface area contributed by atoms with E-state index in [9.17, 15) is 9.90 Å². The maximum atomic E-state index is 11.4. The van der Waals surface area contributed by atoms with E-state index in [-0.39, 0.29) is 11.7 Å². The van der Waals surface area contributed by atoms with Crippen molar-refractivity contribution in [1.29, 1.82) is 0 Å². The Hall–Kier alpha value is -1.56. The summed E-state index contributed by atoms with van der Waals surface area (Å²) in [5.74, 6) is -0.387. The van der Waals surface area contributed by atoms with Gasteiger partial charge in [-0.25, -0.2) is 9.78 Å². The molecule has 18 heavy (non-hydrogen) atoms. The van der Waals surface area contributed by atoms with Gasteiger partial charge >= 0.3 is 5.97 Å². The molecule has 0 fully saturated rings. The third-order valence-corrected chi connectivity index (χ3v) is 3.90. The Morgan fingerprint density at radius 3 is 3.00 bits per heavy atom. The number of hydrogen-bond acceptors (Lipinski definition) is 4. The molecule has 0 saturated carbocycles. The van der Waals surface area contributed by atoms with Gasteiger partial charge in [0.25, 0.3) is 0 Å². The molecule has 2 rings (SSSR count). The zero-order valence-electron chi connectivity index (χ0n) is 10.8. The molecule has 0 radical (unpaired) electrons. The van der Waals surface area contributed by atoms with Crippen LogP contribution in [0.2, 0.25) is 0 Å². The number of carbonyl (C=O) groups is 1. The molecule has 0 aliphatic heterocycles. The molecular weight excluding hydrogens is 250 g/mol. The number of aromatic carboxylic acids is 1. The van der Waals surface area contributed by atoms with E-state index in [1.807, 2.05) is 17.3 Å². The van der Waals surface area contributed by atoms with Gasteiger partial charge < -0.3 is 10.0 Å². The Morgan fingerprint density at radius 1 is 1.67 bits per heavy atom. The Labute approximate surface area is 110 Å². The summed E-state index contributed by atoms with van der Waals surface area (Å²) in [6, 6.07) is 0.276. The molecule has 1 atom stereocenters. The van der Waals surface area contributed by atoms with Crippen molar-refractivity contribution in [2.45, 2.75) is 32.7 Å². The number of nitrogens with zero attached hydrogens (tertiary/aromatic N) is 3. The molecule has 1 unspecified atom stereocenters. The molecule has 6 heteroatoms. The van der Waals surface area contributed by atoms with E-state index in [2.05, 4.69) is 18.8 Å². The topological polar surface area (TPSA) is 57.8 Å². The summed E-state index contributed by atoms with van der Waals surface area (Å²) in [5.41, 5.74) is 0.247. The van der Waals surface area contributed by atoms with Crippen molar-refractivity contribution in [3.05, 3.63) is 17.3 Å². The molecule has 0 spiro atoms. The number of carboxylic acids is 1. The summed E-state index contributed by atoms with van der Waals surface area (Å²) >= 11 is 1.44. The van der Waals surface area contributed by atoms with E-state index in [4.69, 9.17) is 0 Å². The predicted octanol–water partition coefficient (Wildman–Crippen LogP) is 2.72. The van der Waals surface area contributed by atoms with Crippen molar-refractivity contribution < 1.29 is 9.90 Å². The van der Waals surface area contributed by atoms with Crippen LogP contribution in [-0.2, 0) is 0 Å². The number of aromatic nitrogens is 2. The van der Waals surface area contributed by atoms with E-state index < -0.39 is 5.97 Å². The normalized spacial score (nSPS) is 12.8. The lowest BCUT2D eigenvalue weighted by Gasteiger charge is -2.24. The van der Waals surface area contributed by atoms with Crippen LogP contribution in [0.4, 0.5) is 5.82 Å². The second kappa shape index (κ2) is 4.97. The number of rotatable bonds is 5. The zero-order chi connectivity index (χ0) is 13.3. The van der Waals surface area contributed by atoms with Crippen molar-refractivity contribution in [1.82, 2.24) is 9.38 Å². The number of fused-ring (bicyclic) bond motifs is 1. The van der Waals surface area contributed by atoms with Gasteiger partial charge in [-0.1, -0.05) is 13.3 Å². The standard InChI is InChI=1S/C12H17N3O2S/c1-4-5-8(2)14(3)10-9(11(16)17)15-6-7-18-12(15)13-10/h6-8H,4-5H2,1-3H3,(H,16,17). The first-order valence-corrected chi connectivity index (χ1v) is 6.85. The van der Waals surface area contributed by atoms with E-state index in [0.29, 0.717) is 5.82 Å². The molecule has 0 aliphatic carbocycles. The molecule has 0 bridgehead atoms. The highest BCUT2D eigenvalue weighted by Crippen LogP contribution is 2.26. The Morgan fingerprint density at radius 2 is 2.39 bits per heavy atom. The van der Waals surface area contributed by atoms with Crippen LogP contribution in [-0.4, -0.2) is 33.6 Å². The second-order valence-electron chi connectivity index (χ2n) is 4.39. The fourth-order valence-corrected chi connectivity index (χ4v) is 2.75. The minimum absolute atomic E-state index is 0.247. The summed E-state index contributed by atoms with van der Waals surface area (Å²) in [4.78, 5) is 18.5. The Balaban J connectivity index is 2.46. The molecule has 5 nitrogen and oxygen atoms in total. The third-order valence-electron chi connectivity index (χ3n) is 3.15. The van der Waals surface area contributed by atoms with Gasteiger partial charge in [-0.15, -0.1) is 11.3 Å². The number of anilines is 1. The van der Waals surface area contributed by atoms with Crippen LogP contribution in [0.1, 0.15) is 37.2 Å². The second-order valence-corrected chi connectivity index (χ2v) is 5.27. The van der Waals surface area contributed by atoms with Crippen LogP contribution in [0.15, 0.2) is 11.6 Å². The van der Waals surface area contributed by atoms with Gasteiger partial charge in [0.15, 0.2) is 16.5 Å². The van der Waals surface area contributed by atoms with Gasteiger partial charge in [0.2, 0.25) is 0 Å². The zero-order valence-corrected chi connectivity index (χ0v) is 11.6. The minimum atomic E-state index is -0.938. The summed E-state index contributed by atoms with van der Waals surface area (Å²) in [5, 5.41) is 11.2. The summed E-state index contributed by atoms with van der Waals surface area (Å²) < 4.78 is 1.64. The van der Waals surface area contributed by atoms with Gasteiger partial charge in [0.1, 0.15) is 0 Å². The monoisotopic (exact) mass is 267 g/mol. The lowest BCUT2D eigenvalue weighted by molar-refractivity contribution is 0.0690. The predicted molar refractivity (Wildman–Crippen MR) is 72.8 cm³/mol. The van der Waals surface area contributed by atoms with Crippen molar-refractivity contribution in [3.8, 4) is 0 Å². The molecular formula is C12H17N3O2S. The van der Waals surface area contributed by atoms with Crippen molar-refractivity contribution >= 4 is 28.1 Å². The molecule has 1 N–H and O–H groups in total. The first-order chi connectivity index (χ1) is 8.56. The molecule has 0 aliphatic rings. The lowest BCUT2D eigenvalue weighted by Crippen LogP contribution is -2.30. The van der Waals surface area contributed by atoms with Crippen molar-refractivity contribution in [2.24, 2.45) is 0 Å². The van der Waals surface area contributed by atoms with Crippen LogP contribution in [0.25, 0.3) is 4.96 Å². The smallest absolute Gasteiger partial charge is 0.356 e. The van der Waals surface area contributed by atoms with E-state index in [1.165, 1.54) is 11.3 Å². The number of thiazole rings is 1. The highest BCUT2D eigenvalue weighted by Gasteiger charge is 2.24. The number of hydrogen-bond donors (Lipinski definition) is 1. The Bertz CT molecular complexity index is 561. The van der Waals surface area contributed by atoms with Gasteiger partial charge in [0.05, 0.1) is 0 Å². The van der Waals surface area contributed by atoms with Crippen LogP contribution in [0.3, 0.4) is 0 Å². The summed E-state index contributed by atoms with van der Waals surface area (Å²) in [7, 11) is 1.90. The molecule has 2 heterocycles. The highest BCUT2D eigenvalue weighted by molar-refractivity contribution is 7.15. The molecule has 2 aromatic heterocycles. The molecule has 0 aromatic carbocycles.